The second-order valence-electron chi connectivity index (χ2n) is 15.5. The standard InChI is InChI=1S/C23H34N6O3.C20H20ClNO.CH3NO/c1-26-9-6-23(32,7-10-26)16-29-17-24-20-15-18(3-4-19(20)22(29)31)25-21(30)5-8-28-13-11-27(2)12-14-28;1-2-15-8-9-18(21)12-20(15)22-11-10-17(14-23)19(13-22)16-6-4-3-5-7-16;2-1-3/h3-4,15,17,32H,5-14,16H2,1-2H3,(H,25,30);2-9,12,14,17,19H,1,10-11,13H2;1H,(H2,2,3). The zero-order chi connectivity index (χ0) is 41.7. The smallest absolute Gasteiger partial charge is 0.261 e. The summed E-state index contributed by atoms with van der Waals surface area (Å²) < 4.78 is 1.50. The van der Waals surface area contributed by atoms with Crippen LogP contribution in [0.15, 0.2) is 84.4 Å². The molecule has 3 aromatic carbocycles. The Labute approximate surface area is 346 Å². The third-order valence-electron chi connectivity index (χ3n) is 11.4. The van der Waals surface area contributed by atoms with Crippen molar-refractivity contribution in [1.82, 2.24) is 24.3 Å². The highest BCUT2D eigenvalue weighted by molar-refractivity contribution is 6.31. The van der Waals surface area contributed by atoms with Gasteiger partial charge in [-0.1, -0.05) is 60.7 Å². The van der Waals surface area contributed by atoms with Gasteiger partial charge < -0.3 is 40.6 Å². The van der Waals surface area contributed by atoms with Crippen LogP contribution in [0.25, 0.3) is 17.0 Å². The number of rotatable bonds is 10. The minimum atomic E-state index is -0.886. The molecule has 13 nitrogen and oxygen atoms in total. The molecule has 3 aliphatic heterocycles. The Morgan fingerprint density at radius 1 is 0.983 bits per heavy atom. The van der Waals surface area contributed by atoms with Crippen molar-refractivity contribution in [1.29, 1.82) is 0 Å². The van der Waals surface area contributed by atoms with Gasteiger partial charge in [-0.25, -0.2) is 4.98 Å². The van der Waals surface area contributed by atoms with E-state index in [4.69, 9.17) is 16.4 Å². The molecule has 58 heavy (non-hydrogen) atoms. The van der Waals surface area contributed by atoms with E-state index < -0.39 is 5.60 Å². The Morgan fingerprint density at radius 3 is 2.34 bits per heavy atom. The maximum atomic E-state index is 12.9. The lowest BCUT2D eigenvalue weighted by molar-refractivity contribution is -0.116. The van der Waals surface area contributed by atoms with Crippen LogP contribution in [0.1, 0.15) is 42.7 Å². The van der Waals surface area contributed by atoms with E-state index >= 15 is 0 Å². The summed E-state index contributed by atoms with van der Waals surface area (Å²) in [6.07, 6.45) is 7.27. The molecular formula is C44H57ClN8O5. The molecule has 1 aromatic heterocycles. The molecule has 14 heteroatoms. The number of likely N-dealkylation sites (tertiary alicyclic amines) is 1. The fourth-order valence-corrected chi connectivity index (χ4v) is 7.95. The Kier molecular flexibility index (Phi) is 16.1. The molecule has 2 amide bonds. The van der Waals surface area contributed by atoms with E-state index in [0.717, 1.165) is 87.9 Å². The van der Waals surface area contributed by atoms with Gasteiger partial charge in [0.05, 0.1) is 29.4 Å². The SMILES string of the molecule is C=Cc1ccc(Cl)cc1N1CCC(C=O)C(c2ccccc2)C1.CN1CCN(CCC(=O)Nc2ccc3c(=O)n(CC4(O)CCN(C)CC4)cnc3c2)CC1.NC=O. The first-order valence-electron chi connectivity index (χ1n) is 19.9. The van der Waals surface area contributed by atoms with E-state index in [2.05, 4.69) is 61.4 Å². The first-order valence-corrected chi connectivity index (χ1v) is 20.3. The average Bonchev–Trinajstić information content (AvgIpc) is 3.23. The number of piperidine rings is 2. The second-order valence-corrected chi connectivity index (χ2v) is 15.9. The maximum Gasteiger partial charge on any atom is 0.261 e. The molecule has 4 aromatic rings. The Hall–Kier alpha value is -4.92. The number of hydrogen-bond acceptors (Lipinski definition) is 10. The molecule has 0 spiro atoms. The van der Waals surface area contributed by atoms with Crippen molar-refractivity contribution < 1.29 is 19.5 Å². The summed E-state index contributed by atoms with van der Waals surface area (Å²) in [5, 5.41) is 15.0. The van der Waals surface area contributed by atoms with Crippen LogP contribution in [0.4, 0.5) is 11.4 Å². The highest BCUT2D eigenvalue weighted by atomic mass is 35.5. The van der Waals surface area contributed by atoms with Gasteiger partial charge in [0.2, 0.25) is 12.3 Å². The molecule has 7 rings (SSSR count). The predicted octanol–water partition coefficient (Wildman–Crippen LogP) is 4.32. The first-order chi connectivity index (χ1) is 27.9. The van der Waals surface area contributed by atoms with Crippen molar-refractivity contribution in [2.45, 2.75) is 43.7 Å². The Morgan fingerprint density at radius 2 is 1.67 bits per heavy atom. The van der Waals surface area contributed by atoms with Crippen molar-refractivity contribution >= 4 is 58.6 Å². The highest BCUT2D eigenvalue weighted by Gasteiger charge is 2.33. The van der Waals surface area contributed by atoms with E-state index in [9.17, 15) is 19.5 Å². The predicted molar refractivity (Wildman–Crippen MR) is 232 cm³/mol. The third-order valence-corrected chi connectivity index (χ3v) is 11.6. The van der Waals surface area contributed by atoms with E-state index in [-0.39, 0.29) is 36.3 Å². The van der Waals surface area contributed by atoms with Gasteiger partial charge in [0.1, 0.15) is 6.29 Å². The fraction of sp³-hybridized carbons (Fsp3) is 0.432. The van der Waals surface area contributed by atoms with Crippen LogP contribution in [0, 0.1) is 5.92 Å². The lowest BCUT2D eigenvalue weighted by Crippen LogP contribution is -2.47. The summed E-state index contributed by atoms with van der Waals surface area (Å²) in [6, 6.07) is 21.3. The van der Waals surface area contributed by atoms with Crippen molar-refractivity contribution in [2.24, 2.45) is 11.7 Å². The van der Waals surface area contributed by atoms with Crippen molar-refractivity contribution in [3.63, 3.8) is 0 Å². The van der Waals surface area contributed by atoms with Crippen molar-refractivity contribution in [3.8, 4) is 0 Å². The van der Waals surface area contributed by atoms with Crippen LogP contribution in [0.2, 0.25) is 5.02 Å². The van der Waals surface area contributed by atoms with Gasteiger partial charge in [0.15, 0.2) is 0 Å². The van der Waals surface area contributed by atoms with Gasteiger partial charge in [-0.2, -0.15) is 0 Å². The highest BCUT2D eigenvalue weighted by Crippen LogP contribution is 2.36. The molecule has 2 unspecified atom stereocenters. The van der Waals surface area contributed by atoms with Crippen LogP contribution in [-0.4, -0.2) is 127 Å². The number of aromatic nitrogens is 2. The second kappa shape index (κ2) is 21.2. The van der Waals surface area contributed by atoms with Crippen molar-refractivity contribution in [2.75, 3.05) is 83.2 Å². The maximum absolute atomic E-state index is 12.9. The number of aldehydes is 1. The van der Waals surface area contributed by atoms with Gasteiger partial charge >= 0.3 is 0 Å². The number of carbonyl (C=O) groups excluding carboxylic acids is 3. The lowest BCUT2D eigenvalue weighted by atomic mass is 9.81. The number of nitrogens with one attached hydrogen (secondary N) is 1. The monoisotopic (exact) mass is 812 g/mol. The van der Waals surface area contributed by atoms with E-state index in [0.29, 0.717) is 35.9 Å². The summed E-state index contributed by atoms with van der Waals surface area (Å²) in [5.74, 6) is 0.236. The number of benzene rings is 3. The van der Waals surface area contributed by atoms with Crippen LogP contribution >= 0.6 is 11.6 Å². The quantitative estimate of drug-likeness (QED) is 0.197. The molecule has 2 atom stereocenters. The Balaban J connectivity index is 0.000000217. The van der Waals surface area contributed by atoms with E-state index in [1.54, 1.807) is 18.2 Å². The molecule has 4 heterocycles. The number of nitrogens with zero attached hydrogens (tertiary/aromatic N) is 6. The first kappa shape index (κ1) is 44.2. The van der Waals surface area contributed by atoms with Gasteiger partial charge in [0, 0.05) is 93.6 Å². The van der Waals surface area contributed by atoms with Gasteiger partial charge in [-0.05, 0) is 74.8 Å². The number of halogens is 1. The lowest BCUT2D eigenvalue weighted by Gasteiger charge is -2.38. The molecular weight excluding hydrogens is 756 g/mol. The zero-order valence-electron chi connectivity index (χ0n) is 33.6. The summed E-state index contributed by atoms with van der Waals surface area (Å²) in [5.41, 5.74) is 7.68. The summed E-state index contributed by atoms with van der Waals surface area (Å²) in [4.78, 5) is 59.0. The molecule has 0 saturated carbocycles. The van der Waals surface area contributed by atoms with Gasteiger partial charge in [-0.3, -0.25) is 19.0 Å². The van der Waals surface area contributed by atoms with E-state index in [1.807, 2.05) is 49.5 Å². The largest absolute Gasteiger partial charge is 0.388 e. The molecule has 0 radical (unpaired) electrons. The van der Waals surface area contributed by atoms with Crippen molar-refractivity contribution in [3.05, 3.63) is 106 Å². The molecule has 310 valence electrons. The summed E-state index contributed by atoms with van der Waals surface area (Å²) in [7, 11) is 4.15. The normalized spacial score (nSPS) is 19.8. The zero-order valence-corrected chi connectivity index (χ0v) is 34.4. The Bertz CT molecular complexity index is 2050. The number of carbonyl (C=O) groups is 3. The minimum absolute atomic E-state index is 0.0406. The molecule has 0 aliphatic carbocycles. The summed E-state index contributed by atoms with van der Waals surface area (Å²) >= 11 is 6.19. The van der Waals surface area contributed by atoms with Crippen LogP contribution < -0.4 is 21.5 Å². The number of primary amides is 1. The number of hydrogen-bond donors (Lipinski definition) is 3. The molecule has 3 aliphatic rings. The number of fused-ring (bicyclic) bond motifs is 1. The number of anilines is 2. The average molecular weight is 813 g/mol. The molecule has 3 fully saturated rings. The number of amides is 2. The third kappa shape index (κ3) is 12.1. The van der Waals surface area contributed by atoms with E-state index in [1.165, 1.54) is 16.5 Å². The van der Waals surface area contributed by atoms with Crippen LogP contribution in [0.3, 0.4) is 0 Å². The van der Waals surface area contributed by atoms with Crippen LogP contribution in [0.5, 0.6) is 0 Å². The van der Waals surface area contributed by atoms with Gasteiger partial charge in [-0.15, -0.1) is 0 Å². The number of aliphatic hydroxyl groups is 1. The number of piperazine rings is 1. The van der Waals surface area contributed by atoms with Crippen LogP contribution in [-0.2, 0) is 20.9 Å². The number of likely N-dealkylation sites (N-methyl/N-ethyl adjacent to an activating group) is 1. The van der Waals surface area contributed by atoms with Gasteiger partial charge in [0.25, 0.3) is 5.56 Å². The minimum Gasteiger partial charge on any atom is -0.388 e. The fourth-order valence-electron chi connectivity index (χ4n) is 7.78. The molecule has 4 N–H and O–H groups in total. The molecule has 3 saturated heterocycles. The topological polar surface area (TPSA) is 157 Å². The number of nitrogens with two attached hydrogens (primary N) is 1. The molecule has 0 bridgehead atoms. The summed E-state index contributed by atoms with van der Waals surface area (Å²) in [6.45, 7) is 12.2.